The van der Waals surface area contributed by atoms with E-state index in [0.717, 1.165) is 10.0 Å². The van der Waals surface area contributed by atoms with Crippen molar-refractivity contribution in [3.63, 3.8) is 0 Å². The highest BCUT2D eigenvalue weighted by molar-refractivity contribution is 9.10. The molecule has 2 aromatic carbocycles. The number of amides is 2. The minimum Gasteiger partial charge on any atom is -0.502 e. The second-order valence-corrected chi connectivity index (χ2v) is 5.92. The maximum absolute atomic E-state index is 11.9. The number of phenolic OH excluding ortho intramolecular Hbond substituents is 1. The third-order valence-electron chi connectivity index (χ3n) is 3.30. The van der Waals surface area contributed by atoms with E-state index < -0.39 is 6.03 Å². The average Bonchev–Trinajstić information content (AvgIpc) is 2.59. The number of nitrogens with zero attached hydrogens (tertiary/aromatic N) is 1. The first-order valence-corrected chi connectivity index (χ1v) is 8.05. The zero-order chi connectivity index (χ0) is 18.4. The molecule has 7 nitrogen and oxygen atoms in total. The fourth-order valence-electron chi connectivity index (χ4n) is 2.04. The molecule has 2 amide bonds. The van der Waals surface area contributed by atoms with Crippen molar-refractivity contribution in [2.45, 2.75) is 6.92 Å². The normalized spacial score (nSPS) is 10.6. The summed E-state index contributed by atoms with van der Waals surface area (Å²) in [6.07, 6.45) is 1.41. The molecule has 0 aliphatic heterocycles. The van der Waals surface area contributed by atoms with Gasteiger partial charge in [-0.05, 0) is 42.8 Å². The molecular weight excluding hydrogens is 390 g/mol. The number of methoxy groups -OCH3 is 2. The molecule has 0 aliphatic rings. The molecule has 0 spiro atoms. The van der Waals surface area contributed by atoms with Crippen molar-refractivity contribution in [1.82, 2.24) is 5.43 Å². The summed E-state index contributed by atoms with van der Waals surface area (Å²) in [5.74, 6) is 0.393. The zero-order valence-corrected chi connectivity index (χ0v) is 15.5. The third-order valence-corrected chi connectivity index (χ3v) is 4.19. The number of nitrogens with one attached hydrogen (secondary N) is 2. The molecule has 0 radical (unpaired) electrons. The first kappa shape index (κ1) is 18.6. The SMILES string of the molecule is COc1cc(/C=N/NC(=O)Nc2ccc(Br)c(C)c2)cc(OC)c1O. The van der Waals surface area contributed by atoms with Crippen molar-refractivity contribution in [3.05, 3.63) is 45.9 Å². The van der Waals surface area contributed by atoms with Crippen LogP contribution in [0.4, 0.5) is 10.5 Å². The van der Waals surface area contributed by atoms with Crippen molar-refractivity contribution in [2.24, 2.45) is 5.10 Å². The summed E-state index contributed by atoms with van der Waals surface area (Å²) >= 11 is 3.40. The first-order chi connectivity index (χ1) is 11.9. The van der Waals surface area contributed by atoms with E-state index >= 15 is 0 Å². The summed E-state index contributed by atoms with van der Waals surface area (Å²) in [6.45, 7) is 1.93. The summed E-state index contributed by atoms with van der Waals surface area (Å²) < 4.78 is 11.1. The van der Waals surface area contributed by atoms with Gasteiger partial charge in [-0.2, -0.15) is 5.10 Å². The smallest absolute Gasteiger partial charge is 0.339 e. The summed E-state index contributed by atoms with van der Waals surface area (Å²) in [7, 11) is 2.86. The quantitative estimate of drug-likeness (QED) is 0.521. The molecule has 0 bridgehead atoms. The van der Waals surface area contributed by atoms with Crippen molar-refractivity contribution in [2.75, 3.05) is 19.5 Å². The summed E-state index contributed by atoms with van der Waals surface area (Å²) in [4.78, 5) is 11.9. The monoisotopic (exact) mass is 407 g/mol. The summed E-state index contributed by atoms with van der Waals surface area (Å²) in [5.41, 5.74) is 4.61. The molecule has 0 atom stereocenters. The average molecular weight is 408 g/mol. The third kappa shape index (κ3) is 4.87. The highest BCUT2D eigenvalue weighted by Gasteiger charge is 2.10. The Labute approximate surface area is 153 Å². The Morgan fingerprint density at radius 3 is 2.40 bits per heavy atom. The van der Waals surface area contributed by atoms with Gasteiger partial charge in [0.2, 0.25) is 5.75 Å². The van der Waals surface area contributed by atoms with E-state index in [1.54, 1.807) is 18.2 Å². The van der Waals surface area contributed by atoms with Crippen LogP contribution in [0.1, 0.15) is 11.1 Å². The highest BCUT2D eigenvalue weighted by atomic mass is 79.9. The largest absolute Gasteiger partial charge is 0.502 e. The molecule has 2 rings (SSSR count). The van der Waals surface area contributed by atoms with Gasteiger partial charge < -0.3 is 19.9 Å². The molecule has 0 unspecified atom stereocenters. The molecule has 8 heteroatoms. The number of hydrogen-bond donors (Lipinski definition) is 3. The van der Waals surface area contributed by atoms with Crippen LogP contribution in [0.25, 0.3) is 0 Å². The van der Waals surface area contributed by atoms with E-state index in [1.807, 2.05) is 19.1 Å². The Hall–Kier alpha value is -2.74. The Kier molecular flexibility index (Phi) is 6.24. The molecule has 0 fully saturated rings. The lowest BCUT2D eigenvalue weighted by molar-refractivity contribution is 0.252. The molecule has 0 aliphatic carbocycles. The van der Waals surface area contributed by atoms with Gasteiger partial charge in [-0.1, -0.05) is 15.9 Å². The lowest BCUT2D eigenvalue weighted by Gasteiger charge is -2.09. The first-order valence-electron chi connectivity index (χ1n) is 7.25. The molecule has 132 valence electrons. The van der Waals surface area contributed by atoms with Gasteiger partial charge in [0.25, 0.3) is 0 Å². The summed E-state index contributed by atoms with van der Waals surface area (Å²) in [6, 6.07) is 8.12. The van der Waals surface area contributed by atoms with E-state index in [1.165, 1.54) is 20.4 Å². The van der Waals surface area contributed by atoms with E-state index in [4.69, 9.17) is 9.47 Å². The van der Waals surface area contributed by atoms with Crippen LogP contribution >= 0.6 is 15.9 Å². The number of halogens is 1. The minimum atomic E-state index is -0.476. The number of phenols is 1. The van der Waals surface area contributed by atoms with Crippen LogP contribution in [0.15, 0.2) is 39.9 Å². The maximum atomic E-state index is 11.9. The van der Waals surface area contributed by atoms with Crippen LogP contribution in [0.2, 0.25) is 0 Å². The predicted octanol–water partition coefficient (Wildman–Crippen LogP) is 3.64. The van der Waals surface area contributed by atoms with Crippen molar-refractivity contribution in [1.29, 1.82) is 0 Å². The van der Waals surface area contributed by atoms with Crippen LogP contribution in [0.5, 0.6) is 17.2 Å². The van der Waals surface area contributed by atoms with E-state index in [9.17, 15) is 9.90 Å². The molecule has 0 saturated carbocycles. The number of hydrazone groups is 1. The van der Waals surface area contributed by atoms with E-state index in [0.29, 0.717) is 11.3 Å². The molecule has 0 heterocycles. The Bertz CT molecular complexity index is 783. The van der Waals surface area contributed by atoms with Crippen LogP contribution in [-0.4, -0.2) is 31.6 Å². The molecule has 0 saturated heterocycles. The van der Waals surface area contributed by atoms with Gasteiger partial charge >= 0.3 is 6.03 Å². The lowest BCUT2D eigenvalue weighted by Crippen LogP contribution is -2.24. The summed E-state index contributed by atoms with van der Waals surface area (Å²) in [5, 5.41) is 16.4. The number of anilines is 1. The Morgan fingerprint density at radius 2 is 1.84 bits per heavy atom. The number of urea groups is 1. The van der Waals surface area contributed by atoms with Crippen molar-refractivity contribution < 1.29 is 19.4 Å². The lowest BCUT2D eigenvalue weighted by atomic mass is 10.2. The minimum absolute atomic E-state index is 0.0986. The fraction of sp³-hybridized carbons (Fsp3) is 0.176. The Morgan fingerprint density at radius 1 is 1.20 bits per heavy atom. The van der Waals surface area contributed by atoms with Gasteiger partial charge in [0.05, 0.1) is 20.4 Å². The number of benzene rings is 2. The van der Waals surface area contributed by atoms with E-state index in [-0.39, 0.29) is 17.2 Å². The molecular formula is C17H18BrN3O4. The molecule has 3 N–H and O–H groups in total. The van der Waals surface area contributed by atoms with E-state index in [2.05, 4.69) is 31.8 Å². The second kappa shape index (κ2) is 8.39. The fourth-order valence-corrected chi connectivity index (χ4v) is 2.28. The topological polar surface area (TPSA) is 92.2 Å². The number of hydrogen-bond acceptors (Lipinski definition) is 5. The number of ether oxygens (including phenoxy) is 2. The number of carbonyl (C=O) groups is 1. The van der Waals surface area contributed by atoms with Gasteiger partial charge in [-0.25, -0.2) is 10.2 Å². The highest BCUT2D eigenvalue weighted by Crippen LogP contribution is 2.36. The zero-order valence-electron chi connectivity index (χ0n) is 14.0. The molecule has 25 heavy (non-hydrogen) atoms. The second-order valence-electron chi connectivity index (χ2n) is 5.06. The number of aryl methyl sites for hydroxylation is 1. The van der Waals surface area contributed by atoms with Crippen LogP contribution in [0.3, 0.4) is 0 Å². The van der Waals surface area contributed by atoms with Gasteiger partial charge in [0.15, 0.2) is 11.5 Å². The maximum Gasteiger partial charge on any atom is 0.339 e. The van der Waals surface area contributed by atoms with Gasteiger partial charge in [-0.3, -0.25) is 0 Å². The predicted molar refractivity (Wildman–Crippen MR) is 99.8 cm³/mol. The number of aromatic hydroxyl groups is 1. The van der Waals surface area contributed by atoms with Gasteiger partial charge in [-0.15, -0.1) is 0 Å². The van der Waals surface area contributed by atoms with Crippen molar-refractivity contribution in [3.8, 4) is 17.2 Å². The number of carbonyl (C=O) groups excluding carboxylic acids is 1. The number of rotatable bonds is 5. The van der Waals surface area contributed by atoms with Gasteiger partial charge in [0.1, 0.15) is 0 Å². The van der Waals surface area contributed by atoms with Gasteiger partial charge in [0, 0.05) is 15.7 Å². The molecule has 2 aromatic rings. The molecule has 0 aromatic heterocycles. The van der Waals surface area contributed by atoms with Crippen molar-refractivity contribution >= 4 is 33.9 Å². The van der Waals surface area contributed by atoms with Crippen LogP contribution in [-0.2, 0) is 0 Å². The van der Waals surface area contributed by atoms with Crippen LogP contribution in [0, 0.1) is 6.92 Å². The Balaban J connectivity index is 2.02. The standard InChI is InChI=1S/C17H18BrN3O4/c1-10-6-12(4-5-13(10)18)20-17(23)21-19-9-11-7-14(24-2)16(22)15(8-11)25-3/h4-9,22H,1-3H3,(H2,20,21,23)/b19-9+. The van der Waals surface area contributed by atoms with Crippen LogP contribution < -0.4 is 20.2 Å².